The Kier molecular flexibility index (Phi) is 5.74. The lowest BCUT2D eigenvalue weighted by atomic mass is 9.95. The summed E-state index contributed by atoms with van der Waals surface area (Å²) in [4.78, 5) is 32.8. The van der Waals surface area contributed by atoms with Crippen molar-refractivity contribution in [2.75, 3.05) is 11.5 Å². The van der Waals surface area contributed by atoms with E-state index in [-0.39, 0.29) is 11.3 Å². The summed E-state index contributed by atoms with van der Waals surface area (Å²) in [5.74, 6) is -0.644. The highest BCUT2D eigenvalue weighted by Gasteiger charge is 2.46. The van der Waals surface area contributed by atoms with Crippen molar-refractivity contribution in [1.82, 2.24) is 4.98 Å². The number of amides is 1. The maximum atomic E-state index is 13.5. The van der Waals surface area contributed by atoms with Gasteiger partial charge in [0.05, 0.1) is 21.8 Å². The Balaban J connectivity index is 1.63. The average Bonchev–Trinajstić information content (AvgIpc) is 3.53. The van der Waals surface area contributed by atoms with E-state index in [0.29, 0.717) is 28.8 Å². The molecule has 4 aromatic rings. The van der Waals surface area contributed by atoms with Crippen molar-refractivity contribution in [3.8, 4) is 5.75 Å². The minimum atomic E-state index is -0.893. The molecule has 1 amide bonds. The number of fused-ring (bicyclic) bond motifs is 1. The number of carbonyl (C=O) groups is 2. The maximum Gasteiger partial charge on any atom is 0.296 e. The Bertz CT molecular complexity index is 1500. The number of ketones is 1. The first-order chi connectivity index (χ1) is 16.9. The van der Waals surface area contributed by atoms with Crippen molar-refractivity contribution in [2.24, 2.45) is 0 Å². The standard InChI is InChI=1S/C27H22N2O5S/c1-4-13-33-18-9-7-17(8-10-18)23-22(24(30)20-12-6-16(3)34-20)25(31)26(32)29(23)27-28-19-11-5-15(2)14-21(19)35-27/h4-12,14,23,31H,1,13H2,2-3H3. The van der Waals surface area contributed by atoms with E-state index in [2.05, 4.69) is 11.6 Å². The lowest BCUT2D eigenvalue weighted by Gasteiger charge is -2.24. The van der Waals surface area contributed by atoms with Crippen LogP contribution in [0.25, 0.3) is 10.2 Å². The number of anilines is 1. The number of ether oxygens (including phenoxy) is 1. The zero-order valence-corrected chi connectivity index (χ0v) is 20.0. The normalized spacial score (nSPS) is 15.8. The molecule has 1 unspecified atom stereocenters. The van der Waals surface area contributed by atoms with Crippen LogP contribution in [0.15, 0.2) is 83.0 Å². The summed E-state index contributed by atoms with van der Waals surface area (Å²) in [7, 11) is 0. The predicted molar refractivity (Wildman–Crippen MR) is 134 cm³/mol. The molecular formula is C27H22N2O5S. The number of aryl methyl sites for hydroxylation is 2. The monoisotopic (exact) mass is 486 g/mol. The molecule has 0 bridgehead atoms. The molecule has 7 nitrogen and oxygen atoms in total. The summed E-state index contributed by atoms with van der Waals surface area (Å²) >= 11 is 1.33. The Labute approximate surface area is 205 Å². The lowest BCUT2D eigenvalue weighted by Crippen LogP contribution is -2.30. The van der Waals surface area contributed by atoms with Gasteiger partial charge in [-0.15, -0.1) is 0 Å². The molecule has 8 heteroatoms. The zero-order chi connectivity index (χ0) is 24.7. The first kappa shape index (κ1) is 22.6. The number of rotatable bonds is 7. The van der Waals surface area contributed by atoms with Crippen LogP contribution in [0.3, 0.4) is 0 Å². The number of benzene rings is 2. The molecule has 0 fully saturated rings. The fourth-order valence-electron chi connectivity index (χ4n) is 4.06. The molecule has 0 saturated carbocycles. The van der Waals surface area contributed by atoms with E-state index < -0.39 is 23.5 Å². The van der Waals surface area contributed by atoms with E-state index in [1.54, 1.807) is 43.3 Å². The van der Waals surface area contributed by atoms with Gasteiger partial charge in [0.1, 0.15) is 18.1 Å². The quantitative estimate of drug-likeness (QED) is 0.260. The third-order valence-corrected chi connectivity index (χ3v) is 6.74. The van der Waals surface area contributed by atoms with Crippen LogP contribution in [0.1, 0.15) is 33.5 Å². The van der Waals surface area contributed by atoms with Gasteiger partial charge in [0.25, 0.3) is 5.91 Å². The molecule has 0 spiro atoms. The summed E-state index contributed by atoms with van der Waals surface area (Å²) in [6.45, 7) is 7.69. The minimum Gasteiger partial charge on any atom is -0.503 e. The van der Waals surface area contributed by atoms with Gasteiger partial charge in [0, 0.05) is 0 Å². The summed E-state index contributed by atoms with van der Waals surface area (Å²) in [5, 5.41) is 11.3. The van der Waals surface area contributed by atoms with Crippen LogP contribution in [0.4, 0.5) is 5.13 Å². The van der Waals surface area contributed by atoms with Gasteiger partial charge in [-0.2, -0.15) is 0 Å². The topological polar surface area (TPSA) is 92.9 Å². The summed E-state index contributed by atoms with van der Waals surface area (Å²) in [5.41, 5.74) is 2.36. The molecule has 1 aliphatic rings. The van der Waals surface area contributed by atoms with Gasteiger partial charge >= 0.3 is 0 Å². The Hall–Kier alpha value is -4.17. The van der Waals surface area contributed by atoms with E-state index in [1.807, 2.05) is 25.1 Å². The van der Waals surface area contributed by atoms with Crippen LogP contribution in [0.2, 0.25) is 0 Å². The number of furan rings is 1. The Morgan fingerprint density at radius 1 is 1.20 bits per heavy atom. The number of nitrogens with zero attached hydrogens (tertiary/aromatic N) is 2. The number of Topliss-reactive ketones (excluding diaryl/α,β-unsaturated/α-hetero) is 1. The summed E-state index contributed by atoms with van der Waals surface area (Å²) < 4.78 is 12.0. The van der Waals surface area contributed by atoms with Crippen molar-refractivity contribution < 1.29 is 23.8 Å². The molecule has 1 atom stereocenters. The van der Waals surface area contributed by atoms with Crippen LogP contribution in [-0.4, -0.2) is 28.4 Å². The Morgan fingerprint density at radius 3 is 2.66 bits per heavy atom. The molecule has 2 aromatic carbocycles. The van der Waals surface area contributed by atoms with Gasteiger partial charge < -0.3 is 14.3 Å². The molecule has 35 heavy (non-hydrogen) atoms. The zero-order valence-electron chi connectivity index (χ0n) is 19.1. The van der Waals surface area contributed by atoms with E-state index >= 15 is 0 Å². The van der Waals surface area contributed by atoms with Gasteiger partial charge in [-0.1, -0.05) is 42.2 Å². The molecule has 176 valence electrons. The fourth-order valence-corrected chi connectivity index (χ4v) is 5.15. The third-order valence-electron chi connectivity index (χ3n) is 5.72. The molecule has 1 N–H and O–H groups in total. The number of thiazole rings is 1. The van der Waals surface area contributed by atoms with Crippen LogP contribution < -0.4 is 9.64 Å². The lowest BCUT2D eigenvalue weighted by molar-refractivity contribution is -0.117. The molecule has 3 heterocycles. The van der Waals surface area contributed by atoms with Crippen molar-refractivity contribution >= 4 is 38.4 Å². The smallest absolute Gasteiger partial charge is 0.296 e. The number of hydrogen-bond acceptors (Lipinski definition) is 7. The molecular weight excluding hydrogens is 464 g/mol. The predicted octanol–water partition coefficient (Wildman–Crippen LogP) is 5.85. The van der Waals surface area contributed by atoms with Gasteiger partial charge in [-0.25, -0.2) is 4.98 Å². The van der Waals surface area contributed by atoms with Gasteiger partial charge in [-0.3, -0.25) is 14.5 Å². The number of aliphatic hydroxyl groups is 1. The van der Waals surface area contributed by atoms with Crippen LogP contribution >= 0.6 is 11.3 Å². The van der Waals surface area contributed by atoms with E-state index in [1.165, 1.54) is 22.3 Å². The van der Waals surface area contributed by atoms with E-state index in [9.17, 15) is 14.7 Å². The molecule has 0 aliphatic carbocycles. The highest BCUT2D eigenvalue weighted by molar-refractivity contribution is 7.22. The van der Waals surface area contributed by atoms with Crippen LogP contribution in [0.5, 0.6) is 5.75 Å². The molecule has 0 radical (unpaired) electrons. The summed E-state index contributed by atoms with van der Waals surface area (Å²) in [6, 6.07) is 15.1. The van der Waals surface area contributed by atoms with Crippen molar-refractivity contribution in [3.05, 3.63) is 101 Å². The molecule has 0 saturated heterocycles. The highest BCUT2D eigenvalue weighted by atomic mass is 32.1. The van der Waals surface area contributed by atoms with Gasteiger partial charge in [-0.05, 0) is 61.4 Å². The largest absolute Gasteiger partial charge is 0.503 e. The maximum absolute atomic E-state index is 13.5. The summed E-state index contributed by atoms with van der Waals surface area (Å²) in [6.07, 6.45) is 1.64. The van der Waals surface area contributed by atoms with E-state index in [0.717, 1.165) is 15.8 Å². The van der Waals surface area contributed by atoms with Gasteiger partial charge in [0.15, 0.2) is 16.7 Å². The third kappa shape index (κ3) is 4.02. The number of aromatic nitrogens is 1. The average molecular weight is 487 g/mol. The first-order valence-electron chi connectivity index (χ1n) is 11.0. The number of aliphatic hydroxyl groups excluding tert-OH is 1. The minimum absolute atomic E-state index is 0.0505. The Morgan fingerprint density at radius 2 is 1.97 bits per heavy atom. The number of carbonyl (C=O) groups excluding carboxylic acids is 2. The van der Waals surface area contributed by atoms with Crippen LogP contribution in [-0.2, 0) is 4.79 Å². The van der Waals surface area contributed by atoms with Gasteiger partial charge in [0.2, 0.25) is 5.78 Å². The second-order valence-electron chi connectivity index (χ2n) is 8.22. The van der Waals surface area contributed by atoms with E-state index in [4.69, 9.17) is 9.15 Å². The molecule has 2 aromatic heterocycles. The molecule has 5 rings (SSSR count). The van der Waals surface area contributed by atoms with Crippen molar-refractivity contribution in [2.45, 2.75) is 19.9 Å². The first-order valence-corrected chi connectivity index (χ1v) is 11.8. The SMILES string of the molecule is C=CCOc1ccc(C2C(C(=O)c3ccc(C)o3)=C(O)C(=O)N2c2nc3ccc(C)cc3s2)cc1. The fraction of sp³-hybridized carbons (Fsp3) is 0.148. The second kappa shape index (κ2) is 8.88. The van der Waals surface area contributed by atoms with Crippen molar-refractivity contribution in [1.29, 1.82) is 0 Å². The number of hydrogen-bond donors (Lipinski definition) is 1. The molecule has 1 aliphatic heterocycles. The second-order valence-corrected chi connectivity index (χ2v) is 9.22. The van der Waals surface area contributed by atoms with Crippen LogP contribution in [0, 0.1) is 13.8 Å². The van der Waals surface area contributed by atoms with Crippen molar-refractivity contribution in [3.63, 3.8) is 0 Å². The highest BCUT2D eigenvalue weighted by Crippen LogP contribution is 2.44.